The first-order valence-electron chi connectivity index (χ1n) is 7.25. The Morgan fingerprint density at radius 3 is 2.67 bits per heavy atom. The molecule has 0 aliphatic carbocycles. The van der Waals surface area contributed by atoms with Crippen LogP contribution in [-0.2, 0) is 0 Å². The van der Waals surface area contributed by atoms with Gasteiger partial charge in [-0.1, -0.05) is 53.5 Å². The van der Waals surface area contributed by atoms with Gasteiger partial charge in [0.25, 0.3) is 5.91 Å². The maximum absolute atomic E-state index is 12.4. The Labute approximate surface area is 153 Å². The van der Waals surface area contributed by atoms with Crippen LogP contribution in [0.2, 0.25) is 10.0 Å². The van der Waals surface area contributed by atoms with Gasteiger partial charge in [0.2, 0.25) is 0 Å². The lowest BCUT2D eigenvalue weighted by molar-refractivity contribution is 0.0959. The first-order chi connectivity index (χ1) is 11.5. The number of carbonyl (C=O) groups excluding carboxylic acids is 1. The van der Waals surface area contributed by atoms with Gasteiger partial charge in [0.15, 0.2) is 0 Å². The van der Waals surface area contributed by atoms with E-state index in [0.717, 1.165) is 21.2 Å². The van der Waals surface area contributed by atoms with Crippen LogP contribution in [0.4, 0.5) is 0 Å². The predicted molar refractivity (Wildman–Crippen MR) is 103 cm³/mol. The number of amides is 1. The van der Waals surface area contributed by atoms with Gasteiger partial charge in [0, 0.05) is 20.7 Å². The highest BCUT2D eigenvalue weighted by molar-refractivity contribution is 7.21. The van der Waals surface area contributed by atoms with E-state index in [4.69, 9.17) is 23.2 Å². The number of nitrogens with zero attached hydrogens (tertiary/aromatic N) is 1. The highest BCUT2D eigenvalue weighted by Gasteiger charge is 2.17. The van der Waals surface area contributed by atoms with Crippen LogP contribution in [0.25, 0.3) is 10.1 Å². The maximum atomic E-state index is 12.4. The summed E-state index contributed by atoms with van der Waals surface area (Å²) in [6.45, 7) is 3.79. The molecule has 0 bridgehead atoms. The maximum Gasteiger partial charge on any atom is 0.283 e. The number of thiophene rings is 1. The number of carbonyl (C=O) groups is 1. The summed E-state index contributed by atoms with van der Waals surface area (Å²) in [5.41, 5.74) is 5.08. The summed E-state index contributed by atoms with van der Waals surface area (Å²) in [4.78, 5) is 12.9. The van der Waals surface area contributed by atoms with E-state index in [-0.39, 0.29) is 5.91 Å². The van der Waals surface area contributed by atoms with Crippen molar-refractivity contribution in [3.8, 4) is 0 Å². The van der Waals surface area contributed by atoms with E-state index in [1.54, 1.807) is 13.0 Å². The second-order valence-corrected chi connectivity index (χ2v) is 7.20. The van der Waals surface area contributed by atoms with Crippen molar-refractivity contribution < 1.29 is 4.79 Å². The highest BCUT2D eigenvalue weighted by Crippen LogP contribution is 2.35. The van der Waals surface area contributed by atoms with Crippen molar-refractivity contribution in [2.45, 2.75) is 13.8 Å². The fraction of sp³-hybridized carbons (Fsp3) is 0.111. The van der Waals surface area contributed by atoms with Crippen LogP contribution in [0.1, 0.15) is 27.7 Å². The van der Waals surface area contributed by atoms with E-state index in [9.17, 15) is 4.79 Å². The van der Waals surface area contributed by atoms with Gasteiger partial charge in [-0.2, -0.15) is 5.10 Å². The summed E-state index contributed by atoms with van der Waals surface area (Å²) >= 11 is 13.8. The normalized spacial score (nSPS) is 11.8. The molecule has 1 aromatic heterocycles. The average Bonchev–Trinajstić information content (AvgIpc) is 2.89. The van der Waals surface area contributed by atoms with Crippen molar-refractivity contribution in [3.63, 3.8) is 0 Å². The van der Waals surface area contributed by atoms with Crippen molar-refractivity contribution in [1.29, 1.82) is 0 Å². The van der Waals surface area contributed by atoms with Gasteiger partial charge in [0.05, 0.1) is 10.7 Å². The summed E-state index contributed by atoms with van der Waals surface area (Å²) in [5, 5.41) is 6.06. The van der Waals surface area contributed by atoms with Gasteiger partial charge < -0.3 is 0 Å². The molecule has 0 fully saturated rings. The lowest BCUT2D eigenvalue weighted by Gasteiger charge is -2.04. The molecule has 3 aromatic rings. The molecule has 0 saturated heterocycles. The molecule has 0 atom stereocenters. The monoisotopic (exact) mass is 376 g/mol. The predicted octanol–water partition coefficient (Wildman–Crippen LogP) is 5.67. The molecule has 0 unspecified atom stereocenters. The highest BCUT2D eigenvalue weighted by atomic mass is 35.5. The molecule has 3 rings (SSSR count). The molecule has 122 valence electrons. The Morgan fingerprint density at radius 2 is 1.92 bits per heavy atom. The van der Waals surface area contributed by atoms with Crippen molar-refractivity contribution in [2.24, 2.45) is 5.10 Å². The minimum Gasteiger partial charge on any atom is -0.266 e. The summed E-state index contributed by atoms with van der Waals surface area (Å²) in [5.74, 6) is -0.328. The molecular weight excluding hydrogens is 363 g/mol. The van der Waals surface area contributed by atoms with Crippen molar-refractivity contribution >= 4 is 56.2 Å². The first kappa shape index (κ1) is 17.0. The largest absolute Gasteiger partial charge is 0.283 e. The number of fused-ring (bicyclic) bond motifs is 1. The smallest absolute Gasteiger partial charge is 0.266 e. The van der Waals surface area contributed by atoms with Gasteiger partial charge in [0.1, 0.15) is 4.88 Å². The third kappa shape index (κ3) is 3.31. The van der Waals surface area contributed by atoms with Crippen LogP contribution in [0.5, 0.6) is 0 Å². The fourth-order valence-corrected chi connectivity index (χ4v) is 4.10. The SMILES string of the molecule is CC(=NNC(=O)c1sc2cc(C)ccc2c1Cl)c1ccccc1Cl. The van der Waals surface area contributed by atoms with E-state index < -0.39 is 0 Å². The van der Waals surface area contributed by atoms with Gasteiger partial charge in [-0.15, -0.1) is 11.3 Å². The molecule has 0 saturated carbocycles. The van der Waals surface area contributed by atoms with E-state index in [1.807, 2.05) is 43.3 Å². The molecule has 6 heteroatoms. The third-order valence-corrected chi connectivity index (χ3v) is 5.57. The molecular formula is C18H14Cl2N2OS. The summed E-state index contributed by atoms with van der Waals surface area (Å²) in [7, 11) is 0. The fourth-order valence-electron chi connectivity index (χ4n) is 2.32. The summed E-state index contributed by atoms with van der Waals surface area (Å²) < 4.78 is 0.983. The molecule has 3 nitrogen and oxygen atoms in total. The lowest BCUT2D eigenvalue weighted by atomic mass is 10.1. The second kappa shape index (κ2) is 6.93. The average molecular weight is 377 g/mol. The topological polar surface area (TPSA) is 41.5 Å². The van der Waals surface area contributed by atoms with Crippen LogP contribution in [-0.4, -0.2) is 11.6 Å². The molecule has 24 heavy (non-hydrogen) atoms. The minimum absolute atomic E-state index is 0.328. The van der Waals surface area contributed by atoms with Crippen LogP contribution in [0.3, 0.4) is 0 Å². The van der Waals surface area contributed by atoms with E-state index in [0.29, 0.717) is 20.6 Å². The van der Waals surface area contributed by atoms with E-state index in [2.05, 4.69) is 10.5 Å². The molecule has 1 amide bonds. The second-order valence-electron chi connectivity index (χ2n) is 5.36. The molecule has 0 spiro atoms. The van der Waals surface area contributed by atoms with E-state index >= 15 is 0 Å². The third-order valence-electron chi connectivity index (χ3n) is 3.58. The number of aryl methyl sites for hydroxylation is 1. The number of halogens is 2. The molecule has 0 aliphatic heterocycles. The molecule has 0 aliphatic rings. The molecule has 0 radical (unpaired) electrons. The van der Waals surface area contributed by atoms with Crippen LogP contribution < -0.4 is 5.43 Å². The quantitative estimate of drug-likeness (QED) is 0.464. The standard InChI is InChI=1S/C18H14Cl2N2OS/c1-10-7-8-13-15(9-10)24-17(16(13)20)18(23)22-21-11(2)12-5-3-4-6-14(12)19/h3-9H,1-2H3,(H,22,23). The summed E-state index contributed by atoms with van der Waals surface area (Å²) in [6.07, 6.45) is 0. The van der Waals surface area contributed by atoms with Crippen LogP contribution >= 0.6 is 34.5 Å². The Morgan fingerprint density at radius 1 is 1.17 bits per heavy atom. The summed E-state index contributed by atoms with van der Waals surface area (Å²) in [6, 6.07) is 13.3. The number of hydrogen-bond donors (Lipinski definition) is 1. The number of benzene rings is 2. The number of rotatable bonds is 3. The van der Waals surface area contributed by atoms with Crippen molar-refractivity contribution in [3.05, 3.63) is 68.5 Å². The Bertz CT molecular complexity index is 963. The number of hydrazone groups is 1. The van der Waals surface area contributed by atoms with Crippen molar-refractivity contribution in [1.82, 2.24) is 5.43 Å². The van der Waals surface area contributed by atoms with Crippen LogP contribution in [0, 0.1) is 6.92 Å². The lowest BCUT2D eigenvalue weighted by Crippen LogP contribution is -2.18. The van der Waals surface area contributed by atoms with Gasteiger partial charge in [-0.3, -0.25) is 4.79 Å². The van der Waals surface area contributed by atoms with Gasteiger partial charge in [-0.05, 0) is 31.5 Å². The zero-order valence-electron chi connectivity index (χ0n) is 13.1. The first-order valence-corrected chi connectivity index (χ1v) is 8.83. The van der Waals surface area contributed by atoms with Crippen LogP contribution in [0.15, 0.2) is 47.6 Å². The zero-order valence-corrected chi connectivity index (χ0v) is 15.4. The Kier molecular flexibility index (Phi) is 4.90. The number of nitrogens with one attached hydrogen (secondary N) is 1. The van der Waals surface area contributed by atoms with E-state index in [1.165, 1.54) is 11.3 Å². The molecule has 2 aromatic carbocycles. The Balaban J connectivity index is 1.86. The molecule has 1 heterocycles. The molecule has 1 N–H and O–H groups in total. The minimum atomic E-state index is -0.328. The number of hydrogen-bond acceptors (Lipinski definition) is 3. The zero-order chi connectivity index (χ0) is 17.3. The Hall–Kier alpha value is -1.88. The van der Waals surface area contributed by atoms with Crippen molar-refractivity contribution in [2.75, 3.05) is 0 Å². The van der Waals surface area contributed by atoms with Gasteiger partial charge >= 0.3 is 0 Å². The van der Waals surface area contributed by atoms with Gasteiger partial charge in [-0.25, -0.2) is 5.43 Å².